The molecule has 0 unspecified atom stereocenters. The minimum absolute atomic E-state index is 0.164. The molecule has 0 saturated carbocycles. The van der Waals surface area contributed by atoms with Gasteiger partial charge >= 0.3 is 0 Å². The summed E-state index contributed by atoms with van der Waals surface area (Å²) in [6.07, 6.45) is 0.980. The third kappa shape index (κ3) is 4.13. The van der Waals surface area contributed by atoms with E-state index in [1.165, 1.54) is 11.5 Å². The van der Waals surface area contributed by atoms with Gasteiger partial charge in [0.2, 0.25) is 0 Å². The van der Waals surface area contributed by atoms with Crippen LogP contribution in [0.2, 0.25) is 0 Å². The zero-order valence-electron chi connectivity index (χ0n) is 8.60. The molecule has 0 aliphatic rings. The summed E-state index contributed by atoms with van der Waals surface area (Å²) in [7, 11) is 0. The van der Waals surface area contributed by atoms with Crippen LogP contribution in [0.1, 0.15) is 26.0 Å². The predicted molar refractivity (Wildman–Crippen MR) is 57.1 cm³/mol. The summed E-state index contributed by atoms with van der Waals surface area (Å²) in [6, 6.07) is 0.164. The van der Waals surface area contributed by atoms with Crippen LogP contribution in [0.3, 0.4) is 0 Å². The van der Waals surface area contributed by atoms with Crippen LogP contribution >= 0.6 is 11.5 Å². The van der Waals surface area contributed by atoms with Crippen molar-refractivity contribution in [2.45, 2.75) is 32.9 Å². The number of nitrogens with one attached hydrogen (secondary N) is 1. The van der Waals surface area contributed by atoms with E-state index >= 15 is 0 Å². The molecule has 0 aliphatic carbocycles. The fraction of sp³-hybridized carbons (Fsp3) is 0.778. The van der Waals surface area contributed by atoms with Gasteiger partial charge < -0.3 is 10.4 Å². The van der Waals surface area contributed by atoms with Gasteiger partial charge in [-0.05, 0) is 23.9 Å². The maximum atomic E-state index is 9.11. The van der Waals surface area contributed by atoms with Gasteiger partial charge in [0, 0.05) is 18.0 Å². The summed E-state index contributed by atoms with van der Waals surface area (Å²) in [5, 5.41) is 18.2. The van der Waals surface area contributed by atoms with Gasteiger partial charge in [-0.1, -0.05) is 18.3 Å². The fourth-order valence-corrected chi connectivity index (χ4v) is 1.75. The molecule has 80 valence electrons. The van der Waals surface area contributed by atoms with Crippen molar-refractivity contribution in [3.05, 3.63) is 11.1 Å². The molecule has 2 N–H and O–H groups in total. The zero-order chi connectivity index (χ0) is 10.4. The Morgan fingerprint density at radius 1 is 1.57 bits per heavy atom. The molecule has 1 atom stereocenters. The Labute approximate surface area is 88.5 Å². The second-order valence-corrected chi connectivity index (χ2v) is 4.40. The lowest BCUT2D eigenvalue weighted by atomic mass is 10.0. The monoisotopic (exact) mass is 215 g/mol. The SMILES string of the molecule is CC(C)C[C@@H](CO)NCc1csnn1. The summed E-state index contributed by atoms with van der Waals surface area (Å²) in [5.41, 5.74) is 0.942. The van der Waals surface area contributed by atoms with E-state index in [9.17, 15) is 0 Å². The zero-order valence-corrected chi connectivity index (χ0v) is 9.42. The Morgan fingerprint density at radius 3 is 2.86 bits per heavy atom. The molecule has 1 heterocycles. The van der Waals surface area contributed by atoms with Crippen molar-refractivity contribution in [2.24, 2.45) is 5.92 Å². The van der Waals surface area contributed by atoms with Gasteiger partial charge in [0.1, 0.15) is 0 Å². The molecule has 0 amide bonds. The van der Waals surface area contributed by atoms with Crippen molar-refractivity contribution >= 4 is 11.5 Å². The molecule has 0 aromatic carbocycles. The lowest BCUT2D eigenvalue weighted by Crippen LogP contribution is -2.33. The topological polar surface area (TPSA) is 58.0 Å². The third-order valence-electron chi connectivity index (χ3n) is 1.95. The van der Waals surface area contributed by atoms with Crippen molar-refractivity contribution in [3.8, 4) is 0 Å². The molecule has 14 heavy (non-hydrogen) atoms. The Bertz CT molecular complexity index is 238. The van der Waals surface area contributed by atoms with Crippen molar-refractivity contribution < 1.29 is 5.11 Å². The van der Waals surface area contributed by atoms with Crippen molar-refractivity contribution in [3.63, 3.8) is 0 Å². The van der Waals surface area contributed by atoms with Crippen molar-refractivity contribution in [2.75, 3.05) is 6.61 Å². The molecule has 4 nitrogen and oxygen atoms in total. The summed E-state index contributed by atoms with van der Waals surface area (Å²) in [5.74, 6) is 0.591. The minimum atomic E-state index is 0.164. The van der Waals surface area contributed by atoms with E-state index in [4.69, 9.17) is 5.11 Å². The van der Waals surface area contributed by atoms with Crippen LogP contribution in [0, 0.1) is 5.92 Å². The number of aliphatic hydroxyl groups is 1. The molecule has 0 radical (unpaired) electrons. The van der Waals surface area contributed by atoms with E-state index in [-0.39, 0.29) is 12.6 Å². The second-order valence-electron chi connectivity index (χ2n) is 3.79. The third-order valence-corrected chi connectivity index (χ3v) is 2.51. The van der Waals surface area contributed by atoms with Gasteiger partial charge in [0.05, 0.1) is 12.3 Å². The molecule has 0 fully saturated rings. The largest absolute Gasteiger partial charge is 0.395 e. The second kappa shape index (κ2) is 6.06. The van der Waals surface area contributed by atoms with Crippen LogP contribution in [-0.4, -0.2) is 27.3 Å². The molecular weight excluding hydrogens is 198 g/mol. The van der Waals surface area contributed by atoms with Crippen LogP contribution in [0.4, 0.5) is 0 Å². The van der Waals surface area contributed by atoms with Gasteiger partial charge in [0.25, 0.3) is 0 Å². The Kier molecular flexibility index (Phi) is 5.00. The molecule has 0 saturated heterocycles. The van der Waals surface area contributed by atoms with Gasteiger partial charge in [-0.25, -0.2) is 0 Å². The molecule has 0 aliphatic heterocycles. The maximum absolute atomic E-state index is 9.11. The van der Waals surface area contributed by atoms with Crippen LogP contribution in [0.5, 0.6) is 0 Å². The van der Waals surface area contributed by atoms with Gasteiger partial charge in [-0.15, -0.1) is 5.10 Å². The molecule has 1 aromatic rings. The minimum Gasteiger partial charge on any atom is -0.395 e. The first-order valence-electron chi connectivity index (χ1n) is 4.82. The molecular formula is C9H17N3OS. The molecule has 1 rings (SSSR count). The van der Waals surface area contributed by atoms with Crippen molar-refractivity contribution in [1.29, 1.82) is 0 Å². The van der Waals surface area contributed by atoms with Crippen LogP contribution < -0.4 is 5.32 Å². The Balaban J connectivity index is 2.27. The average Bonchev–Trinajstić information content (AvgIpc) is 2.64. The number of hydrogen-bond acceptors (Lipinski definition) is 5. The summed E-state index contributed by atoms with van der Waals surface area (Å²) < 4.78 is 3.78. The van der Waals surface area contributed by atoms with Crippen molar-refractivity contribution in [1.82, 2.24) is 14.9 Å². The first-order valence-corrected chi connectivity index (χ1v) is 5.66. The normalized spacial score (nSPS) is 13.4. The van der Waals surface area contributed by atoms with Gasteiger partial charge in [0.15, 0.2) is 0 Å². The maximum Gasteiger partial charge on any atom is 0.0893 e. The number of nitrogens with zero attached hydrogens (tertiary/aromatic N) is 2. The number of aliphatic hydroxyl groups excluding tert-OH is 1. The molecule has 1 aromatic heterocycles. The highest BCUT2D eigenvalue weighted by atomic mass is 32.1. The van der Waals surface area contributed by atoms with E-state index in [0.29, 0.717) is 12.5 Å². The lowest BCUT2D eigenvalue weighted by molar-refractivity contribution is 0.223. The summed E-state index contributed by atoms with van der Waals surface area (Å²) >= 11 is 1.35. The number of aromatic nitrogens is 2. The fourth-order valence-electron chi connectivity index (χ4n) is 1.30. The first-order chi connectivity index (χ1) is 6.72. The average molecular weight is 215 g/mol. The quantitative estimate of drug-likeness (QED) is 0.744. The standard InChI is InChI=1S/C9H17N3OS/c1-7(2)3-8(5-13)10-4-9-6-14-12-11-9/h6-8,10,13H,3-5H2,1-2H3/t8-/m0/s1. The van der Waals surface area contributed by atoms with E-state index < -0.39 is 0 Å². The lowest BCUT2D eigenvalue weighted by Gasteiger charge is -2.17. The van der Waals surface area contributed by atoms with Crippen LogP contribution in [0.25, 0.3) is 0 Å². The van der Waals surface area contributed by atoms with Crippen LogP contribution in [-0.2, 0) is 6.54 Å². The van der Waals surface area contributed by atoms with Crippen LogP contribution in [0.15, 0.2) is 5.38 Å². The van der Waals surface area contributed by atoms with E-state index in [1.807, 2.05) is 5.38 Å². The van der Waals surface area contributed by atoms with E-state index in [2.05, 4.69) is 28.8 Å². The van der Waals surface area contributed by atoms with E-state index in [1.54, 1.807) is 0 Å². The summed E-state index contributed by atoms with van der Waals surface area (Å²) in [4.78, 5) is 0. The highest BCUT2D eigenvalue weighted by molar-refractivity contribution is 7.03. The van der Waals surface area contributed by atoms with E-state index in [0.717, 1.165) is 12.1 Å². The highest BCUT2D eigenvalue weighted by Gasteiger charge is 2.09. The highest BCUT2D eigenvalue weighted by Crippen LogP contribution is 2.05. The number of rotatable bonds is 6. The van der Waals surface area contributed by atoms with Gasteiger partial charge in [-0.3, -0.25) is 0 Å². The first kappa shape index (κ1) is 11.6. The Morgan fingerprint density at radius 2 is 2.36 bits per heavy atom. The molecule has 0 bridgehead atoms. The number of hydrogen-bond donors (Lipinski definition) is 2. The summed E-state index contributed by atoms with van der Waals surface area (Å²) in [6.45, 7) is 5.16. The molecule has 5 heteroatoms. The van der Waals surface area contributed by atoms with Gasteiger partial charge in [-0.2, -0.15) is 0 Å². The predicted octanol–water partition coefficient (Wildman–Crippen LogP) is 1.03. The Hall–Kier alpha value is -0.520. The smallest absolute Gasteiger partial charge is 0.0893 e. The molecule has 0 spiro atoms.